The Morgan fingerprint density at radius 2 is 2.08 bits per heavy atom. The minimum atomic E-state index is -0.399. The van der Waals surface area contributed by atoms with Gasteiger partial charge in [-0.3, -0.25) is 0 Å². The molecule has 24 heavy (non-hydrogen) atoms. The number of piperidine rings is 1. The summed E-state index contributed by atoms with van der Waals surface area (Å²) in [7, 11) is -0.399. The molecule has 0 bridgehead atoms. The lowest BCUT2D eigenvalue weighted by Gasteiger charge is -2.32. The summed E-state index contributed by atoms with van der Waals surface area (Å²) in [6, 6.07) is 3.69. The Kier molecular flexibility index (Phi) is 5.12. The van der Waals surface area contributed by atoms with Crippen molar-refractivity contribution in [1.82, 2.24) is 19.8 Å². The molecule has 9 heteroatoms. The highest BCUT2D eigenvalue weighted by atomic mass is 16.5. The number of ether oxygens (including phenoxy) is 1. The average molecular weight is 328 g/mol. The molecule has 2 aromatic rings. The zero-order chi connectivity index (χ0) is 16.9. The number of nitrogens with zero attached hydrogens (tertiary/aromatic N) is 4. The lowest BCUT2D eigenvalue weighted by Crippen LogP contribution is -2.45. The molecule has 3 heterocycles. The van der Waals surface area contributed by atoms with Gasteiger partial charge in [0.15, 0.2) is 5.82 Å². The molecule has 0 aromatic carbocycles. The first kappa shape index (κ1) is 16.5. The number of aromatic nitrogens is 3. The van der Waals surface area contributed by atoms with E-state index in [0.29, 0.717) is 17.4 Å². The molecular formula is C15H21BN6O2. The molecule has 0 atom stereocenters. The number of nitrogens with two attached hydrogens (primary N) is 1. The monoisotopic (exact) mass is 328 g/mol. The molecule has 1 aliphatic heterocycles. The van der Waals surface area contributed by atoms with Gasteiger partial charge in [0.1, 0.15) is 12.4 Å². The fraction of sp³-hybridized carbons (Fsp3) is 0.400. The minimum Gasteiger partial charge on any atom is -0.474 e. The molecule has 0 radical (unpaired) electrons. The second-order valence-electron chi connectivity index (χ2n) is 5.82. The molecule has 126 valence electrons. The van der Waals surface area contributed by atoms with Gasteiger partial charge in [0, 0.05) is 6.07 Å². The van der Waals surface area contributed by atoms with Crippen LogP contribution >= 0.6 is 0 Å². The van der Waals surface area contributed by atoms with Crippen molar-refractivity contribution in [3.63, 3.8) is 0 Å². The second kappa shape index (κ2) is 7.46. The van der Waals surface area contributed by atoms with E-state index in [1.807, 2.05) is 16.9 Å². The molecule has 4 N–H and O–H groups in total. The molecule has 8 nitrogen and oxygen atoms in total. The molecule has 1 fully saturated rings. The quantitative estimate of drug-likeness (QED) is 0.701. The van der Waals surface area contributed by atoms with Crippen molar-refractivity contribution >= 4 is 24.2 Å². The Labute approximate surface area is 141 Å². The van der Waals surface area contributed by atoms with E-state index >= 15 is 0 Å². The predicted molar refractivity (Wildman–Crippen MR) is 93.0 cm³/mol. The summed E-state index contributed by atoms with van der Waals surface area (Å²) in [5.41, 5.74) is 7.05. The van der Waals surface area contributed by atoms with Crippen LogP contribution in [0, 0.1) is 0 Å². The topological polar surface area (TPSA) is 109 Å². The van der Waals surface area contributed by atoms with Gasteiger partial charge in [0.25, 0.3) is 0 Å². The summed E-state index contributed by atoms with van der Waals surface area (Å²) >= 11 is 0. The lowest BCUT2D eigenvalue weighted by atomic mass is 9.82. The maximum Gasteiger partial charge on any atom is 0.376 e. The minimum absolute atomic E-state index is 0.129. The maximum atomic E-state index is 9.57. The Morgan fingerprint density at radius 3 is 2.71 bits per heavy atom. The van der Waals surface area contributed by atoms with E-state index in [1.165, 1.54) is 6.33 Å². The van der Waals surface area contributed by atoms with Crippen LogP contribution in [0.2, 0.25) is 6.82 Å². The smallest absolute Gasteiger partial charge is 0.376 e. The second-order valence-corrected chi connectivity index (χ2v) is 5.82. The van der Waals surface area contributed by atoms with Crippen LogP contribution in [-0.2, 0) is 0 Å². The SMILES string of the molecule is CB(O)N1CCC(Oc2ccc(Nc3ncncc3N)cn2)CC1. The van der Waals surface area contributed by atoms with Crippen LogP contribution < -0.4 is 15.8 Å². The Morgan fingerprint density at radius 1 is 1.29 bits per heavy atom. The largest absolute Gasteiger partial charge is 0.474 e. The Hall–Kier alpha value is -2.39. The van der Waals surface area contributed by atoms with Gasteiger partial charge in [-0.1, -0.05) is 0 Å². The van der Waals surface area contributed by atoms with Crippen LogP contribution in [0.1, 0.15) is 12.8 Å². The molecule has 0 aliphatic carbocycles. The summed E-state index contributed by atoms with van der Waals surface area (Å²) in [6.07, 6.45) is 6.54. The Bertz CT molecular complexity index is 661. The fourth-order valence-electron chi connectivity index (χ4n) is 2.64. The van der Waals surface area contributed by atoms with Gasteiger partial charge in [-0.25, -0.2) is 15.0 Å². The van der Waals surface area contributed by atoms with Crippen LogP contribution in [-0.4, -0.2) is 51.0 Å². The molecule has 0 unspecified atom stereocenters. The van der Waals surface area contributed by atoms with Crippen molar-refractivity contribution in [2.75, 3.05) is 24.1 Å². The number of rotatable bonds is 5. The predicted octanol–water partition coefficient (Wildman–Crippen LogP) is 1.15. The van der Waals surface area contributed by atoms with Crippen molar-refractivity contribution in [3.8, 4) is 5.88 Å². The average Bonchev–Trinajstić information content (AvgIpc) is 2.59. The third-order valence-electron chi connectivity index (χ3n) is 4.03. The van der Waals surface area contributed by atoms with Gasteiger partial charge in [0.05, 0.1) is 23.8 Å². The molecule has 1 aliphatic rings. The standard InChI is InChI=1S/C15H21BN6O2/c1-16(23)22-6-4-12(5-7-22)24-14-3-2-11(8-19-14)21-15-13(17)9-18-10-20-15/h2-3,8-10,12,23H,4-7,17H2,1H3,(H,18,20,21). The molecule has 0 spiro atoms. The summed E-state index contributed by atoms with van der Waals surface area (Å²) in [4.78, 5) is 14.3. The van der Waals surface area contributed by atoms with Crippen LogP contribution in [0.4, 0.5) is 17.2 Å². The first-order chi connectivity index (χ1) is 11.6. The van der Waals surface area contributed by atoms with Crippen molar-refractivity contribution in [3.05, 3.63) is 30.9 Å². The molecular weight excluding hydrogens is 307 g/mol. The maximum absolute atomic E-state index is 9.57. The van der Waals surface area contributed by atoms with Crippen molar-refractivity contribution < 1.29 is 9.76 Å². The summed E-state index contributed by atoms with van der Waals surface area (Å²) in [6.45, 7) is 3.45. The summed E-state index contributed by atoms with van der Waals surface area (Å²) < 4.78 is 5.91. The normalized spacial score (nSPS) is 15.9. The van der Waals surface area contributed by atoms with Crippen LogP contribution in [0.25, 0.3) is 0 Å². The third-order valence-corrected chi connectivity index (χ3v) is 4.03. The molecule has 3 rings (SSSR count). The van der Waals surface area contributed by atoms with E-state index in [9.17, 15) is 5.02 Å². The first-order valence-corrected chi connectivity index (χ1v) is 7.99. The van der Waals surface area contributed by atoms with E-state index in [0.717, 1.165) is 31.6 Å². The number of hydrogen-bond donors (Lipinski definition) is 3. The fourth-order valence-corrected chi connectivity index (χ4v) is 2.64. The van der Waals surface area contributed by atoms with Crippen LogP contribution in [0.15, 0.2) is 30.9 Å². The van der Waals surface area contributed by atoms with E-state index in [-0.39, 0.29) is 6.10 Å². The number of anilines is 3. The zero-order valence-corrected chi connectivity index (χ0v) is 13.6. The van der Waals surface area contributed by atoms with Gasteiger partial charge < -0.3 is 25.6 Å². The van der Waals surface area contributed by atoms with E-state index in [2.05, 4.69) is 20.3 Å². The highest BCUT2D eigenvalue weighted by Gasteiger charge is 2.25. The van der Waals surface area contributed by atoms with Gasteiger partial charge in [-0.05, 0) is 38.8 Å². The number of hydrogen-bond acceptors (Lipinski definition) is 8. The van der Waals surface area contributed by atoms with Crippen molar-refractivity contribution in [2.45, 2.75) is 25.8 Å². The van der Waals surface area contributed by atoms with Crippen LogP contribution in [0.3, 0.4) is 0 Å². The van der Waals surface area contributed by atoms with E-state index in [4.69, 9.17) is 10.5 Å². The number of nitrogen functional groups attached to an aromatic ring is 1. The third kappa shape index (κ3) is 4.12. The van der Waals surface area contributed by atoms with Crippen molar-refractivity contribution in [1.29, 1.82) is 0 Å². The van der Waals surface area contributed by atoms with Gasteiger partial charge in [-0.2, -0.15) is 0 Å². The molecule has 2 aromatic heterocycles. The molecule has 0 amide bonds. The van der Waals surface area contributed by atoms with Gasteiger partial charge in [0.2, 0.25) is 5.88 Å². The first-order valence-electron chi connectivity index (χ1n) is 7.99. The highest BCUT2D eigenvalue weighted by Crippen LogP contribution is 2.22. The summed E-state index contributed by atoms with van der Waals surface area (Å²) in [5.74, 6) is 1.14. The van der Waals surface area contributed by atoms with Crippen LogP contribution in [0.5, 0.6) is 5.88 Å². The van der Waals surface area contributed by atoms with E-state index in [1.54, 1.807) is 19.2 Å². The highest BCUT2D eigenvalue weighted by molar-refractivity contribution is 6.45. The summed E-state index contributed by atoms with van der Waals surface area (Å²) in [5, 5.41) is 12.7. The molecule has 1 saturated heterocycles. The molecule has 0 saturated carbocycles. The lowest BCUT2D eigenvalue weighted by molar-refractivity contribution is 0.123. The van der Waals surface area contributed by atoms with Crippen molar-refractivity contribution in [2.24, 2.45) is 0 Å². The van der Waals surface area contributed by atoms with E-state index < -0.39 is 7.05 Å². The Balaban J connectivity index is 1.55. The zero-order valence-electron chi connectivity index (χ0n) is 13.6. The number of nitrogens with one attached hydrogen (secondary N) is 1. The number of pyridine rings is 1. The van der Waals surface area contributed by atoms with Gasteiger partial charge >= 0.3 is 7.05 Å². The van der Waals surface area contributed by atoms with Gasteiger partial charge in [-0.15, -0.1) is 0 Å².